The molecule has 15 heavy (non-hydrogen) atoms. The summed E-state index contributed by atoms with van der Waals surface area (Å²) in [5.74, 6) is 0. The van der Waals surface area contributed by atoms with Gasteiger partial charge in [-0.25, -0.2) is 0 Å². The van der Waals surface area contributed by atoms with Gasteiger partial charge in [0, 0.05) is 6.20 Å². The number of nitriles is 1. The van der Waals surface area contributed by atoms with Gasteiger partial charge in [0.1, 0.15) is 6.07 Å². The first-order valence-electron chi connectivity index (χ1n) is 4.71. The van der Waals surface area contributed by atoms with Crippen molar-refractivity contribution in [1.82, 2.24) is 4.98 Å². The van der Waals surface area contributed by atoms with Gasteiger partial charge in [0.2, 0.25) is 0 Å². The number of rotatable bonds is 2. The Morgan fingerprint density at radius 1 is 1.13 bits per heavy atom. The van der Waals surface area contributed by atoms with E-state index in [1.807, 2.05) is 54.7 Å². The van der Waals surface area contributed by atoms with Crippen LogP contribution in [0, 0.1) is 11.3 Å². The second-order valence-electron chi connectivity index (χ2n) is 3.16. The summed E-state index contributed by atoms with van der Waals surface area (Å²) in [5.41, 5.74) is 2.52. The maximum atomic E-state index is 9.02. The third kappa shape index (κ3) is 2.15. The monoisotopic (exact) mass is 194 g/mol. The quantitative estimate of drug-likeness (QED) is 0.733. The van der Waals surface area contributed by atoms with Gasteiger partial charge in [0.15, 0.2) is 0 Å². The first-order valence-corrected chi connectivity index (χ1v) is 4.71. The van der Waals surface area contributed by atoms with E-state index in [1.165, 1.54) is 0 Å². The third-order valence-electron chi connectivity index (χ3n) is 2.12. The fourth-order valence-corrected chi connectivity index (χ4v) is 1.38. The molecule has 2 rings (SSSR count). The van der Waals surface area contributed by atoms with Crippen LogP contribution < -0.4 is 0 Å². The Morgan fingerprint density at radius 2 is 1.93 bits per heavy atom. The smallest absolute Gasteiger partial charge is 0.101 e. The molecule has 0 spiro atoms. The lowest BCUT2D eigenvalue weighted by atomic mass is 10.1. The number of benzene rings is 1. The summed E-state index contributed by atoms with van der Waals surface area (Å²) in [5, 5.41) is 9.02. The minimum atomic E-state index is 0.645. The summed E-state index contributed by atoms with van der Waals surface area (Å²) in [4.78, 5) is 3.02. The molecule has 72 valence electrons. The zero-order valence-electron chi connectivity index (χ0n) is 8.14. The van der Waals surface area contributed by atoms with Gasteiger partial charge in [-0.05, 0) is 23.8 Å². The van der Waals surface area contributed by atoms with E-state index >= 15 is 0 Å². The first-order chi connectivity index (χ1) is 7.40. The summed E-state index contributed by atoms with van der Waals surface area (Å²) >= 11 is 0. The number of nitrogens with zero attached hydrogens (tertiary/aromatic N) is 1. The number of aromatic nitrogens is 1. The molecular weight excluding hydrogens is 184 g/mol. The summed E-state index contributed by atoms with van der Waals surface area (Å²) in [6.45, 7) is 0. The Bertz CT molecular complexity index is 487. The van der Waals surface area contributed by atoms with Crippen molar-refractivity contribution in [3.05, 3.63) is 59.9 Å². The molecule has 1 heterocycles. The molecule has 2 heteroatoms. The SMILES string of the molecule is N#C/C(=C\c1ccccc1)c1ccc[nH]1. The van der Waals surface area contributed by atoms with Crippen molar-refractivity contribution >= 4 is 11.6 Å². The molecule has 0 saturated carbocycles. The number of H-pyrrole nitrogens is 1. The second-order valence-corrected chi connectivity index (χ2v) is 3.16. The molecule has 0 aliphatic carbocycles. The van der Waals surface area contributed by atoms with Gasteiger partial charge in [0.25, 0.3) is 0 Å². The summed E-state index contributed by atoms with van der Waals surface area (Å²) in [6, 6.07) is 15.8. The van der Waals surface area contributed by atoms with Crippen LogP contribution in [0.3, 0.4) is 0 Å². The molecule has 0 aliphatic rings. The van der Waals surface area contributed by atoms with Crippen molar-refractivity contribution in [3.8, 4) is 6.07 Å². The predicted molar refractivity (Wildman–Crippen MR) is 60.7 cm³/mol. The topological polar surface area (TPSA) is 39.6 Å². The lowest BCUT2D eigenvalue weighted by Gasteiger charge is -1.95. The maximum absolute atomic E-state index is 9.02. The standard InChI is InChI=1S/C13H10N2/c14-10-12(13-7-4-8-15-13)9-11-5-2-1-3-6-11/h1-9,15H/b12-9+. The highest BCUT2D eigenvalue weighted by atomic mass is 14.7. The van der Waals surface area contributed by atoms with Crippen molar-refractivity contribution in [2.45, 2.75) is 0 Å². The average Bonchev–Trinajstić information content (AvgIpc) is 2.81. The average molecular weight is 194 g/mol. The van der Waals surface area contributed by atoms with Crippen LogP contribution >= 0.6 is 0 Å². The van der Waals surface area contributed by atoms with E-state index in [-0.39, 0.29) is 0 Å². The molecule has 1 N–H and O–H groups in total. The van der Waals surface area contributed by atoms with Crippen LogP contribution in [-0.4, -0.2) is 4.98 Å². The van der Waals surface area contributed by atoms with Gasteiger partial charge < -0.3 is 4.98 Å². The number of aromatic amines is 1. The fraction of sp³-hybridized carbons (Fsp3) is 0. The van der Waals surface area contributed by atoms with Crippen LogP contribution in [0.2, 0.25) is 0 Å². The number of hydrogen-bond donors (Lipinski definition) is 1. The van der Waals surface area contributed by atoms with E-state index in [2.05, 4.69) is 11.1 Å². The van der Waals surface area contributed by atoms with Gasteiger partial charge in [-0.3, -0.25) is 0 Å². The van der Waals surface area contributed by atoms with Gasteiger partial charge in [-0.2, -0.15) is 5.26 Å². The molecule has 0 bridgehead atoms. The van der Waals surface area contributed by atoms with Crippen LogP contribution in [0.4, 0.5) is 0 Å². The van der Waals surface area contributed by atoms with Crippen LogP contribution in [0.5, 0.6) is 0 Å². The van der Waals surface area contributed by atoms with Crippen molar-refractivity contribution in [1.29, 1.82) is 5.26 Å². The van der Waals surface area contributed by atoms with E-state index < -0.39 is 0 Å². The van der Waals surface area contributed by atoms with E-state index in [9.17, 15) is 0 Å². The van der Waals surface area contributed by atoms with Gasteiger partial charge >= 0.3 is 0 Å². The minimum absolute atomic E-state index is 0.645. The molecule has 0 atom stereocenters. The van der Waals surface area contributed by atoms with E-state index in [0.29, 0.717) is 5.57 Å². The van der Waals surface area contributed by atoms with Crippen LogP contribution in [0.25, 0.3) is 11.6 Å². The van der Waals surface area contributed by atoms with Crippen molar-refractivity contribution in [3.63, 3.8) is 0 Å². The van der Waals surface area contributed by atoms with Gasteiger partial charge in [0.05, 0.1) is 11.3 Å². The van der Waals surface area contributed by atoms with Gasteiger partial charge in [-0.1, -0.05) is 30.3 Å². The molecule has 2 nitrogen and oxygen atoms in total. The molecule has 0 fully saturated rings. The highest BCUT2D eigenvalue weighted by molar-refractivity contribution is 5.88. The number of hydrogen-bond acceptors (Lipinski definition) is 1. The molecule has 0 unspecified atom stereocenters. The van der Waals surface area contributed by atoms with E-state index in [4.69, 9.17) is 5.26 Å². The number of nitrogens with one attached hydrogen (secondary N) is 1. The molecule has 0 aliphatic heterocycles. The van der Waals surface area contributed by atoms with E-state index in [1.54, 1.807) is 0 Å². The highest BCUT2D eigenvalue weighted by Crippen LogP contribution is 2.15. The molecule has 0 saturated heterocycles. The predicted octanol–water partition coefficient (Wildman–Crippen LogP) is 3.08. The Hall–Kier alpha value is -2.27. The molecule has 0 amide bonds. The van der Waals surface area contributed by atoms with E-state index in [0.717, 1.165) is 11.3 Å². The van der Waals surface area contributed by atoms with Crippen molar-refractivity contribution < 1.29 is 0 Å². The molecule has 1 aromatic carbocycles. The molecule has 2 aromatic rings. The number of allylic oxidation sites excluding steroid dienone is 1. The van der Waals surface area contributed by atoms with Crippen LogP contribution in [-0.2, 0) is 0 Å². The van der Waals surface area contributed by atoms with Crippen LogP contribution in [0.15, 0.2) is 48.7 Å². The van der Waals surface area contributed by atoms with Crippen molar-refractivity contribution in [2.24, 2.45) is 0 Å². The first kappa shape index (κ1) is 9.29. The Labute approximate surface area is 88.5 Å². The Balaban J connectivity index is 2.37. The fourth-order valence-electron chi connectivity index (χ4n) is 1.38. The van der Waals surface area contributed by atoms with Crippen LogP contribution in [0.1, 0.15) is 11.3 Å². The summed E-state index contributed by atoms with van der Waals surface area (Å²) in [6.07, 6.45) is 3.68. The zero-order valence-corrected chi connectivity index (χ0v) is 8.14. The Morgan fingerprint density at radius 3 is 2.53 bits per heavy atom. The van der Waals surface area contributed by atoms with Gasteiger partial charge in [-0.15, -0.1) is 0 Å². The lowest BCUT2D eigenvalue weighted by Crippen LogP contribution is -1.80. The minimum Gasteiger partial charge on any atom is -0.361 e. The molecule has 0 radical (unpaired) electrons. The Kier molecular flexibility index (Phi) is 2.66. The van der Waals surface area contributed by atoms with Crippen molar-refractivity contribution in [2.75, 3.05) is 0 Å². The summed E-state index contributed by atoms with van der Waals surface area (Å²) in [7, 11) is 0. The molecular formula is C13H10N2. The third-order valence-corrected chi connectivity index (χ3v) is 2.12. The lowest BCUT2D eigenvalue weighted by molar-refractivity contribution is 1.36. The molecule has 1 aromatic heterocycles. The zero-order chi connectivity index (χ0) is 10.5. The maximum Gasteiger partial charge on any atom is 0.101 e. The largest absolute Gasteiger partial charge is 0.361 e. The summed E-state index contributed by atoms with van der Waals surface area (Å²) < 4.78 is 0. The second kappa shape index (κ2) is 4.30. The highest BCUT2D eigenvalue weighted by Gasteiger charge is 2.00. The normalized spacial score (nSPS) is 11.0.